The molecule has 5 heterocycles. The van der Waals surface area contributed by atoms with E-state index in [1.54, 1.807) is 6.07 Å². The van der Waals surface area contributed by atoms with Crippen molar-refractivity contribution in [3.8, 4) is 23.2 Å². The van der Waals surface area contributed by atoms with Crippen LogP contribution in [0.1, 0.15) is 42.4 Å². The van der Waals surface area contributed by atoms with Crippen molar-refractivity contribution in [3.63, 3.8) is 0 Å². The molecule has 1 saturated carbocycles. The Morgan fingerprint density at radius 1 is 1.08 bits per heavy atom. The molecule has 4 aliphatic rings. The number of fused-ring (bicyclic) bond motifs is 5. The van der Waals surface area contributed by atoms with Gasteiger partial charge in [-0.05, 0) is 54.5 Å². The molecule has 3 aliphatic heterocycles. The fourth-order valence-electron chi connectivity index (χ4n) is 7.92. The molecule has 8 nitrogen and oxygen atoms in total. The molecule has 0 amide bonds. The maximum Gasteiger partial charge on any atom is 0.319 e. The van der Waals surface area contributed by atoms with Crippen LogP contribution in [0.3, 0.4) is 0 Å². The Balaban J connectivity index is 1.11. The first-order valence-corrected chi connectivity index (χ1v) is 17.5. The summed E-state index contributed by atoms with van der Waals surface area (Å²) in [5.41, 5.74) is 9.31. The Morgan fingerprint density at radius 2 is 1.81 bits per heavy atom. The molecule has 3 N–H and O–H groups in total. The number of piperazine rings is 1. The lowest BCUT2D eigenvalue weighted by atomic mass is 9.97. The topological polar surface area (TPSA) is 103 Å². The van der Waals surface area contributed by atoms with Crippen LogP contribution in [0.5, 0.6) is 6.01 Å². The summed E-state index contributed by atoms with van der Waals surface area (Å²) >= 11 is 7.84. The highest BCUT2D eigenvalue weighted by Crippen LogP contribution is 2.49. The van der Waals surface area contributed by atoms with E-state index in [4.69, 9.17) is 27.1 Å². The molecule has 2 atom stereocenters. The van der Waals surface area contributed by atoms with Crippen LogP contribution in [0.4, 0.5) is 19.6 Å². The van der Waals surface area contributed by atoms with E-state index in [-0.39, 0.29) is 53.7 Å². The van der Waals surface area contributed by atoms with E-state index in [0.29, 0.717) is 29.9 Å². The quantitative estimate of drug-likeness (QED) is 0.189. The van der Waals surface area contributed by atoms with Crippen LogP contribution in [0.2, 0.25) is 5.02 Å². The van der Waals surface area contributed by atoms with Gasteiger partial charge in [0.15, 0.2) is 5.82 Å². The number of nitrogens with one attached hydrogen (secondary N) is 1. The molecule has 5 aromatic rings. The number of benzene rings is 3. The summed E-state index contributed by atoms with van der Waals surface area (Å²) in [4.78, 5) is 14.2. The van der Waals surface area contributed by atoms with Crippen molar-refractivity contribution in [2.45, 2.75) is 50.9 Å². The molecule has 2 saturated heterocycles. The van der Waals surface area contributed by atoms with Crippen molar-refractivity contribution in [2.75, 3.05) is 36.9 Å². The minimum atomic E-state index is -0.679. The monoisotopic (exact) mass is 683 g/mol. The number of ether oxygens (including phenoxy) is 1. The zero-order chi connectivity index (χ0) is 32.7. The fraction of sp³-hybridized carbons (Fsp3) is 0.361. The summed E-state index contributed by atoms with van der Waals surface area (Å²) in [7, 11) is 0. The van der Waals surface area contributed by atoms with E-state index >= 15 is 4.39 Å². The second kappa shape index (κ2) is 11.2. The smallest absolute Gasteiger partial charge is 0.319 e. The molecule has 2 unspecified atom stereocenters. The van der Waals surface area contributed by atoms with E-state index in [1.807, 2.05) is 0 Å². The molecular weight excluding hydrogens is 652 g/mol. The average molecular weight is 684 g/mol. The standard InChI is InChI=1S/C36H32ClF2N7OS/c37-26-11-24-31(30(39)29(26)23-7-8-27(38)32-28(23)25(12-40)33(41)48-32)43-35(44-34(24)46-15-21-5-6-22(16-46)42-21)47-18-36(9-10-36)17-45-13-19-3-1-2-4-20(19)14-45/h1-4,7-8,11,21-22,42H,5-6,9-10,13-18,41H2. The van der Waals surface area contributed by atoms with Crippen molar-refractivity contribution in [1.82, 2.24) is 20.2 Å². The second-order valence-electron chi connectivity index (χ2n) is 13.8. The molecule has 244 valence electrons. The predicted molar refractivity (Wildman–Crippen MR) is 184 cm³/mol. The average Bonchev–Trinajstić information content (AvgIpc) is 3.38. The third-order valence-electron chi connectivity index (χ3n) is 10.5. The largest absolute Gasteiger partial charge is 0.463 e. The number of hydrogen-bond donors (Lipinski definition) is 2. The van der Waals surface area contributed by atoms with Gasteiger partial charge in [0, 0.05) is 66.6 Å². The van der Waals surface area contributed by atoms with E-state index < -0.39 is 11.6 Å². The molecule has 1 aliphatic carbocycles. The summed E-state index contributed by atoms with van der Waals surface area (Å²) in [6, 6.07) is 15.8. The lowest BCUT2D eigenvalue weighted by molar-refractivity contribution is 0.154. The van der Waals surface area contributed by atoms with Crippen molar-refractivity contribution in [1.29, 1.82) is 5.26 Å². The molecule has 3 fully saturated rings. The summed E-state index contributed by atoms with van der Waals surface area (Å²) in [5, 5.41) is 14.5. The SMILES string of the molecule is N#Cc1c(N)sc2c(F)ccc(-c3c(Cl)cc4c(N5CC6CCC(C5)N6)nc(OCC5(CN6Cc7ccccc7C6)CC5)nc4c3F)c12. The lowest BCUT2D eigenvalue weighted by Gasteiger charge is -2.34. The highest BCUT2D eigenvalue weighted by molar-refractivity contribution is 7.23. The number of nitriles is 1. The van der Waals surface area contributed by atoms with Gasteiger partial charge in [0.2, 0.25) is 0 Å². The van der Waals surface area contributed by atoms with Gasteiger partial charge in [-0.25, -0.2) is 8.78 Å². The van der Waals surface area contributed by atoms with Gasteiger partial charge in [0.05, 0.1) is 21.9 Å². The molecule has 0 spiro atoms. The van der Waals surface area contributed by atoms with Gasteiger partial charge >= 0.3 is 6.01 Å². The summed E-state index contributed by atoms with van der Waals surface area (Å²) in [6.45, 7) is 4.63. The van der Waals surface area contributed by atoms with Crippen molar-refractivity contribution in [2.24, 2.45) is 5.41 Å². The molecule has 2 aromatic heterocycles. The maximum absolute atomic E-state index is 17.0. The Morgan fingerprint density at radius 3 is 2.50 bits per heavy atom. The predicted octanol–water partition coefficient (Wildman–Crippen LogP) is 7.01. The van der Waals surface area contributed by atoms with Crippen LogP contribution in [0.15, 0.2) is 42.5 Å². The molecule has 2 bridgehead atoms. The third kappa shape index (κ3) is 4.96. The number of halogens is 3. The van der Waals surface area contributed by atoms with Crippen LogP contribution in [0, 0.1) is 28.4 Å². The number of nitrogen functional groups attached to an aromatic ring is 1. The van der Waals surface area contributed by atoms with Crippen LogP contribution in [0.25, 0.3) is 32.1 Å². The lowest BCUT2D eigenvalue weighted by Crippen LogP contribution is -2.51. The summed E-state index contributed by atoms with van der Waals surface area (Å²) in [6.07, 6.45) is 4.23. The first-order chi connectivity index (χ1) is 23.3. The van der Waals surface area contributed by atoms with Gasteiger partial charge in [-0.1, -0.05) is 41.9 Å². The zero-order valence-corrected chi connectivity index (χ0v) is 27.6. The Hall–Kier alpha value is -4.08. The fourth-order valence-corrected chi connectivity index (χ4v) is 9.17. The molecule has 48 heavy (non-hydrogen) atoms. The van der Waals surface area contributed by atoms with Gasteiger partial charge < -0.3 is 20.7 Å². The van der Waals surface area contributed by atoms with Crippen molar-refractivity contribution >= 4 is 54.7 Å². The highest BCUT2D eigenvalue weighted by Gasteiger charge is 2.46. The minimum absolute atomic E-state index is 0.00926. The maximum atomic E-state index is 17.0. The van der Waals surface area contributed by atoms with E-state index in [2.05, 4.69) is 50.4 Å². The molecule has 3 aromatic carbocycles. The summed E-state index contributed by atoms with van der Waals surface area (Å²) in [5.74, 6) is -0.631. The van der Waals surface area contributed by atoms with Crippen LogP contribution in [-0.2, 0) is 13.1 Å². The number of nitrogens with zero attached hydrogens (tertiary/aromatic N) is 5. The molecule has 12 heteroatoms. The van der Waals surface area contributed by atoms with Gasteiger partial charge in [0.1, 0.15) is 28.2 Å². The second-order valence-corrected chi connectivity index (χ2v) is 15.2. The van der Waals surface area contributed by atoms with E-state index in [0.717, 1.165) is 69.7 Å². The van der Waals surface area contributed by atoms with Gasteiger partial charge in [-0.3, -0.25) is 4.90 Å². The normalized spacial score (nSPS) is 21.2. The highest BCUT2D eigenvalue weighted by atomic mass is 35.5. The van der Waals surface area contributed by atoms with Gasteiger partial charge in [-0.2, -0.15) is 15.2 Å². The van der Waals surface area contributed by atoms with Crippen LogP contribution < -0.4 is 20.7 Å². The van der Waals surface area contributed by atoms with E-state index in [9.17, 15) is 9.65 Å². The minimum Gasteiger partial charge on any atom is -0.463 e. The number of rotatable bonds is 7. The number of aromatic nitrogens is 2. The van der Waals surface area contributed by atoms with Crippen molar-refractivity contribution in [3.05, 3.63) is 75.8 Å². The van der Waals surface area contributed by atoms with Crippen LogP contribution in [-0.4, -0.2) is 53.2 Å². The Bertz CT molecular complexity index is 2140. The summed E-state index contributed by atoms with van der Waals surface area (Å²) < 4.78 is 38.5. The van der Waals surface area contributed by atoms with Gasteiger partial charge in [-0.15, -0.1) is 11.3 Å². The third-order valence-corrected chi connectivity index (χ3v) is 11.8. The number of anilines is 2. The number of hydrogen-bond acceptors (Lipinski definition) is 9. The Kier molecular flexibility index (Phi) is 7.03. The molecule has 9 rings (SSSR count). The number of thiophene rings is 1. The first kappa shape index (κ1) is 30.0. The Labute approximate surface area is 285 Å². The number of nitrogens with two attached hydrogens (primary N) is 1. The van der Waals surface area contributed by atoms with Gasteiger partial charge in [0.25, 0.3) is 0 Å². The van der Waals surface area contributed by atoms with Crippen LogP contribution >= 0.6 is 22.9 Å². The molecular formula is C36H32ClF2N7OS. The van der Waals surface area contributed by atoms with Crippen molar-refractivity contribution < 1.29 is 13.5 Å². The van der Waals surface area contributed by atoms with E-state index in [1.165, 1.54) is 23.3 Å². The zero-order valence-electron chi connectivity index (χ0n) is 26.0. The first-order valence-electron chi connectivity index (χ1n) is 16.3. The molecule has 0 radical (unpaired) electrons.